The van der Waals surface area contributed by atoms with Crippen molar-refractivity contribution in [1.29, 1.82) is 0 Å². The molecule has 3 heterocycles. The van der Waals surface area contributed by atoms with Crippen molar-refractivity contribution in [2.45, 2.75) is 80.6 Å². The van der Waals surface area contributed by atoms with Crippen molar-refractivity contribution >= 4 is 45.1 Å². The molecule has 0 aliphatic carbocycles. The van der Waals surface area contributed by atoms with Crippen LogP contribution in [0.2, 0.25) is 0 Å². The van der Waals surface area contributed by atoms with Gasteiger partial charge < -0.3 is 4.74 Å². The second kappa shape index (κ2) is 6.54. The van der Waals surface area contributed by atoms with E-state index in [1.165, 1.54) is 20.0 Å². The van der Waals surface area contributed by atoms with Crippen LogP contribution in [0.5, 0.6) is 0 Å². The first-order chi connectivity index (χ1) is 10.8. The van der Waals surface area contributed by atoms with Gasteiger partial charge in [-0.1, -0.05) is 27.7 Å². The molecule has 3 rings (SSSR count). The first-order valence-corrected chi connectivity index (χ1v) is 10.6. The van der Waals surface area contributed by atoms with Crippen LogP contribution in [0.15, 0.2) is 9.92 Å². The topological polar surface area (TPSA) is 35.0 Å². The molecule has 0 spiro atoms. The van der Waals surface area contributed by atoms with Crippen LogP contribution in [0.4, 0.5) is 0 Å². The standard InChI is InChI=1S/C17H24N2OS3/c1-9(2)21-15-14-13(18-19-16(15)22-10(3)4)11-8-20-17(5,6)7-12(11)23-14/h9-10H,7-8H2,1-6H3. The molecule has 0 N–H and O–H groups in total. The molecular weight excluding hydrogens is 344 g/mol. The van der Waals surface area contributed by atoms with E-state index in [1.807, 2.05) is 34.9 Å². The summed E-state index contributed by atoms with van der Waals surface area (Å²) in [6.07, 6.45) is 0.960. The lowest BCUT2D eigenvalue weighted by atomic mass is 9.98. The highest BCUT2D eigenvalue weighted by Gasteiger charge is 2.31. The lowest BCUT2D eigenvalue weighted by molar-refractivity contribution is -0.0383. The van der Waals surface area contributed by atoms with Gasteiger partial charge in [-0.3, -0.25) is 0 Å². The van der Waals surface area contributed by atoms with Gasteiger partial charge in [0.2, 0.25) is 0 Å². The van der Waals surface area contributed by atoms with E-state index < -0.39 is 0 Å². The number of aromatic nitrogens is 2. The molecule has 0 saturated heterocycles. The van der Waals surface area contributed by atoms with Crippen molar-refractivity contribution in [1.82, 2.24) is 10.2 Å². The first kappa shape index (κ1) is 17.5. The molecule has 1 aliphatic heterocycles. The van der Waals surface area contributed by atoms with Crippen LogP contribution in [-0.2, 0) is 17.8 Å². The third-order valence-corrected chi connectivity index (χ3v) is 7.18. The van der Waals surface area contributed by atoms with Crippen molar-refractivity contribution in [2.75, 3.05) is 0 Å². The van der Waals surface area contributed by atoms with Crippen LogP contribution < -0.4 is 0 Å². The van der Waals surface area contributed by atoms with Gasteiger partial charge in [0.25, 0.3) is 0 Å². The number of thioether (sulfide) groups is 2. The summed E-state index contributed by atoms with van der Waals surface area (Å²) in [5.74, 6) is 0. The van der Waals surface area contributed by atoms with Crippen molar-refractivity contribution in [3.63, 3.8) is 0 Å². The number of fused-ring (bicyclic) bond motifs is 3. The molecule has 0 radical (unpaired) electrons. The Kier molecular flexibility index (Phi) is 4.98. The minimum Gasteiger partial charge on any atom is -0.370 e. The van der Waals surface area contributed by atoms with Crippen molar-refractivity contribution < 1.29 is 4.74 Å². The highest BCUT2D eigenvalue weighted by atomic mass is 32.2. The van der Waals surface area contributed by atoms with E-state index in [0.29, 0.717) is 17.1 Å². The molecule has 0 unspecified atom stereocenters. The molecule has 0 atom stereocenters. The number of hydrogen-bond donors (Lipinski definition) is 0. The summed E-state index contributed by atoms with van der Waals surface area (Å²) in [5, 5.41) is 11.2. The monoisotopic (exact) mass is 368 g/mol. The van der Waals surface area contributed by atoms with E-state index in [4.69, 9.17) is 4.74 Å². The van der Waals surface area contributed by atoms with Crippen LogP contribution in [-0.4, -0.2) is 26.3 Å². The number of thiophene rings is 1. The third-order valence-electron chi connectivity index (χ3n) is 3.60. The average Bonchev–Trinajstić information content (AvgIpc) is 2.76. The highest BCUT2D eigenvalue weighted by Crippen LogP contribution is 2.45. The van der Waals surface area contributed by atoms with Gasteiger partial charge in [0.05, 0.1) is 21.8 Å². The zero-order valence-corrected chi connectivity index (χ0v) is 17.0. The molecule has 0 aromatic carbocycles. The van der Waals surface area contributed by atoms with E-state index in [-0.39, 0.29) is 5.60 Å². The summed E-state index contributed by atoms with van der Waals surface area (Å²) < 4.78 is 7.30. The zero-order valence-electron chi connectivity index (χ0n) is 14.6. The normalized spacial score (nSPS) is 17.2. The molecule has 2 aromatic rings. The van der Waals surface area contributed by atoms with Crippen molar-refractivity contribution in [2.24, 2.45) is 0 Å². The number of nitrogens with zero attached hydrogens (tertiary/aromatic N) is 2. The molecule has 1 aliphatic rings. The predicted octanol–water partition coefficient (Wildman–Crippen LogP) is 5.54. The van der Waals surface area contributed by atoms with Crippen LogP contribution in [0.1, 0.15) is 52.0 Å². The summed E-state index contributed by atoms with van der Waals surface area (Å²) in [7, 11) is 0. The van der Waals surface area contributed by atoms with Gasteiger partial charge in [-0.25, -0.2) is 0 Å². The zero-order chi connectivity index (χ0) is 16.8. The second-order valence-corrected chi connectivity index (χ2v) is 11.3. The number of rotatable bonds is 4. The summed E-state index contributed by atoms with van der Waals surface area (Å²) in [4.78, 5) is 2.73. The van der Waals surface area contributed by atoms with Gasteiger partial charge in [0, 0.05) is 27.4 Å². The second-order valence-electron chi connectivity index (χ2n) is 7.07. The van der Waals surface area contributed by atoms with Crippen LogP contribution in [0.25, 0.3) is 10.2 Å². The van der Waals surface area contributed by atoms with Gasteiger partial charge >= 0.3 is 0 Å². The van der Waals surface area contributed by atoms with Gasteiger partial charge in [0.15, 0.2) is 0 Å². The molecule has 0 fully saturated rings. The van der Waals surface area contributed by atoms with Crippen molar-refractivity contribution in [3.8, 4) is 0 Å². The Morgan fingerprint density at radius 3 is 2.43 bits per heavy atom. The Labute approximate surface area is 151 Å². The Balaban J connectivity index is 2.14. The molecule has 6 heteroatoms. The Morgan fingerprint density at radius 2 is 1.78 bits per heavy atom. The van der Waals surface area contributed by atoms with Crippen molar-refractivity contribution in [3.05, 3.63) is 10.4 Å². The minimum absolute atomic E-state index is 0.0812. The van der Waals surface area contributed by atoms with Gasteiger partial charge in [-0.2, -0.15) is 0 Å². The Hall–Kier alpha value is -0.300. The van der Waals surface area contributed by atoms with Crippen LogP contribution in [0.3, 0.4) is 0 Å². The molecule has 126 valence electrons. The molecule has 0 bridgehead atoms. The van der Waals surface area contributed by atoms with Crippen LogP contribution >= 0.6 is 34.9 Å². The highest BCUT2D eigenvalue weighted by molar-refractivity contribution is 8.03. The van der Waals surface area contributed by atoms with E-state index in [0.717, 1.165) is 17.0 Å². The fourth-order valence-electron chi connectivity index (χ4n) is 2.64. The van der Waals surface area contributed by atoms with Crippen LogP contribution in [0, 0.1) is 0 Å². The van der Waals surface area contributed by atoms with E-state index in [9.17, 15) is 0 Å². The van der Waals surface area contributed by atoms with E-state index in [2.05, 4.69) is 51.7 Å². The Bertz CT molecular complexity index is 722. The fourth-order valence-corrected chi connectivity index (χ4v) is 6.21. The first-order valence-electron chi connectivity index (χ1n) is 8.05. The quantitative estimate of drug-likeness (QED) is 0.662. The minimum atomic E-state index is -0.0812. The average molecular weight is 369 g/mol. The maximum Gasteiger partial charge on any atom is 0.134 e. The molecule has 23 heavy (non-hydrogen) atoms. The maximum absolute atomic E-state index is 6.00. The van der Waals surface area contributed by atoms with E-state index >= 15 is 0 Å². The Morgan fingerprint density at radius 1 is 1.09 bits per heavy atom. The third kappa shape index (κ3) is 3.70. The molecule has 2 aromatic heterocycles. The molecule has 0 saturated carbocycles. The number of ether oxygens (including phenoxy) is 1. The summed E-state index contributed by atoms with van der Waals surface area (Å²) in [5.41, 5.74) is 2.22. The lowest BCUT2D eigenvalue weighted by Gasteiger charge is -2.29. The van der Waals surface area contributed by atoms with Gasteiger partial charge in [-0.05, 0) is 13.8 Å². The fraction of sp³-hybridized carbons (Fsp3) is 0.647. The largest absolute Gasteiger partial charge is 0.370 e. The maximum atomic E-state index is 6.00. The van der Waals surface area contributed by atoms with Gasteiger partial charge in [-0.15, -0.1) is 45.1 Å². The smallest absolute Gasteiger partial charge is 0.134 e. The molecule has 3 nitrogen and oxygen atoms in total. The molecular formula is C17H24N2OS3. The summed E-state index contributed by atoms with van der Waals surface area (Å²) in [6.45, 7) is 13.9. The lowest BCUT2D eigenvalue weighted by Crippen LogP contribution is -2.30. The SMILES string of the molecule is CC(C)Sc1nnc2c3c(sc2c1SC(C)C)CC(C)(C)OC3. The summed E-state index contributed by atoms with van der Waals surface area (Å²) >= 11 is 5.61. The van der Waals surface area contributed by atoms with E-state index in [1.54, 1.807) is 0 Å². The molecule has 0 amide bonds. The number of hydrogen-bond acceptors (Lipinski definition) is 6. The van der Waals surface area contributed by atoms with Gasteiger partial charge in [0.1, 0.15) is 10.5 Å². The predicted molar refractivity (Wildman–Crippen MR) is 102 cm³/mol. The summed E-state index contributed by atoms with van der Waals surface area (Å²) in [6, 6.07) is 0.